The number of halogens is 1. The monoisotopic (exact) mass is 263 g/mol. The highest BCUT2D eigenvalue weighted by Crippen LogP contribution is 2.33. The van der Waals surface area contributed by atoms with Crippen LogP contribution in [0.2, 0.25) is 0 Å². The van der Waals surface area contributed by atoms with Gasteiger partial charge < -0.3 is 10.4 Å². The number of hydrogen-bond acceptors (Lipinski definition) is 3. The van der Waals surface area contributed by atoms with Gasteiger partial charge in [-0.3, -0.25) is 0 Å². The maximum atomic E-state index is 10.1. The first-order chi connectivity index (χ1) is 6.08. The Morgan fingerprint density at radius 3 is 2.77 bits per heavy atom. The van der Waals surface area contributed by atoms with Crippen LogP contribution in [0.15, 0.2) is 15.2 Å². The van der Waals surface area contributed by atoms with Crippen LogP contribution in [0.5, 0.6) is 0 Å². The van der Waals surface area contributed by atoms with Crippen LogP contribution in [-0.4, -0.2) is 18.7 Å². The Kier molecular flexibility index (Phi) is 3.91. The van der Waals surface area contributed by atoms with Crippen LogP contribution in [0.25, 0.3) is 0 Å². The average molecular weight is 264 g/mol. The molecule has 2 N–H and O–H groups in total. The predicted molar refractivity (Wildman–Crippen MR) is 60.1 cm³/mol. The standard InChI is InChI=1S/C9H14BrNOS/c1-9(12,3-4-11-2)7-5-13-6-8(7)10/h5-6,11-12H,3-4H2,1-2H3. The summed E-state index contributed by atoms with van der Waals surface area (Å²) in [6, 6.07) is 0. The molecule has 0 aliphatic heterocycles. The van der Waals surface area contributed by atoms with Gasteiger partial charge >= 0.3 is 0 Å². The van der Waals surface area contributed by atoms with Crippen molar-refractivity contribution in [2.45, 2.75) is 18.9 Å². The zero-order valence-electron chi connectivity index (χ0n) is 7.80. The topological polar surface area (TPSA) is 32.3 Å². The van der Waals surface area contributed by atoms with Gasteiger partial charge in [-0.05, 0) is 48.2 Å². The molecule has 0 aromatic carbocycles. The summed E-state index contributed by atoms with van der Waals surface area (Å²) in [6.45, 7) is 2.66. The van der Waals surface area contributed by atoms with Crippen LogP contribution >= 0.6 is 27.3 Å². The van der Waals surface area contributed by atoms with E-state index in [0.29, 0.717) is 0 Å². The van der Waals surface area contributed by atoms with Crippen molar-refractivity contribution < 1.29 is 5.11 Å². The summed E-state index contributed by atoms with van der Waals surface area (Å²) in [5.74, 6) is 0. The normalized spacial score (nSPS) is 15.7. The third-order valence-corrected chi connectivity index (χ3v) is 3.76. The molecule has 0 fully saturated rings. The van der Waals surface area contributed by atoms with Crippen LogP contribution in [0.3, 0.4) is 0 Å². The zero-order chi connectivity index (χ0) is 9.90. The molecule has 0 aliphatic rings. The van der Waals surface area contributed by atoms with E-state index in [2.05, 4.69) is 21.2 Å². The molecule has 1 unspecified atom stereocenters. The largest absolute Gasteiger partial charge is 0.385 e. The van der Waals surface area contributed by atoms with Crippen LogP contribution < -0.4 is 5.32 Å². The number of thiophene rings is 1. The molecule has 0 aliphatic carbocycles. The van der Waals surface area contributed by atoms with Gasteiger partial charge in [-0.25, -0.2) is 0 Å². The molecule has 1 rings (SSSR count). The molecule has 2 nitrogen and oxygen atoms in total. The Balaban J connectivity index is 2.74. The third kappa shape index (κ3) is 2.77. The van der Waals surface area contributed by atoms with Gasteiger partial charge in [0, 0.05) is 15.4 Å². The van der Waals surface area contributed by atoms with Crippen LogP contribution in [0.4, 0.5) is 0 Å². The van der Waals surface area contributed by atoms with Crippen molar-refractivity contribution in [3.8, 4) is 0 Å². The molecule has 0 saturated carbocycles. The molecule has 0 radical (unpaired) electrons. The van der Waals surface area contributed by atoms with Crippen molar-refractivity contribution in [3.05, 3.63) is 20.8 Å². The molecule has 0 saturated heterocycles. The number of rotatable bonds is 4. The zero-order valence-corrected chi connectivity index (χ0v) is 10.2. The van der Waals surface area contributed by atoms with Crippen LogP contribution in [0, 0.1) is 0 Å². The molecule has 1 atom stereocenters. The van der Waals surface area contributed by atoms with E-state index in [9.17, 15) is 5.11 Å². The molecule has 0 spiro atoms. The summed E-state index contributed by atoms with van der Waals surface area (Å²) in [7, 11) is 1.89. The first-order valence-corrected chi connectivity index (χ1v) is 5.90. The smallest absolute Gasteiger partial charge is 0.0899 e. The minimum Gasteiger partial charge on any atom is -0.385 e. The van der Waals surface area contributed by atoms with Crippen molar-refractivity contribution >= 4 is 27.3 Å². The molecule has 74 valence electrons. The molecule has 0 bridgehead atoms. The van der Waals surface area contributed by atoms with E-state index >= 15 is 0 Å². The lowest BCUT2D eigenvalue weighted by Gasteiger charge is -2.22. The van der Waals surface area contributed by atoms with Gasteiger partial charge in [0.15, 0.2) is 0 Å². The lowest BCUT2D eigenvalue weighted by Crippen LogP contribution is -2.26. The third-order valence-electron chi connectivity index (χ3n) is 2.06. The van der Waals surface area contributed by atoms with Crippen molar-refractivity contribution in [1.29, 1.82) is 0 Å². The lowest BCUT2D eigenvalue weighted by molar-refractivity contribution is 0.0483. The summed E-state index contributed by atoms with van der Waals surface area (Å²) >= 11 is 5.02. The van der Waals surface area contributed by atoms with Gasteiger partial charge in [0.2, 0.25) is 0 Å². The number of hydrogen-bond donors (Lipinski definition) is 2. The molecule has 1 aromatic heterocycles. The summed E-state index contributed by atoms with van der Waals surface area (Å²) in [5, 5.41) is 17.1. The SMILES string of the molecule is CNCCC(C)(O)c1cscc1Br. The van der Waals surface area contributed by atoms with E-state index in [1.165, 1.54) is 0 Å². The number of aliphatic hydroxyl groups is 1. The van der Waals surface area contributed by atoms with E-state index in [0.717, 1.165) is 23.0 Å². The van der Waals surface area contributed by atoms with Gasteiger partial charge in [-0.1, -0.05) is 0 Å². The molecular weight excluding hydrogens is 250 g/mol. The highest BCUT2D eigenvalue weighted by atomic mass is 79.9. The van der Waals surface area contributed by atoms with E-state index in [-0.39, 0.29) is 0 Å². The second kappa shape index (κ2) is 4.55. The van der Waals surface area contributed by atoms with E-state index in [4.69, 9.17) is 0 Å². The van der Waals surface area contributed by atoms with Gasteiger partial charge in [-0.2, -0.15) is 11.3 Å². The molecule has 0 amide bonds. The van der Waals surface area contributed by atoms with E-state index < -0.39 is 5.60 Å². The first-order valence-electron chi connectivity index (χ1n) is 4.17. The second-order valence-electron chi connectivity index (χ2n) is 3.26. The lowest BCUT2D eigenvalue weighted by atomic mass is 9.95. The van der Waals surface area contributed by atoms with Crippen molar-refractivity contribution in [2.75, 3.05) is 13.6 Å². The maximum Gasteiger partial charge on any atom is 0.0899 e. The Bertz CT molecular complexity index is 272. The fourth-order valence-electron chi connectivity index (χ4n) is 1.17. The minimum atomic E-state index is -0.734. The first kappa shape index (κ1) is 11.2. The van der Waals surface area contributed by atoms with Crippen molar-refractivity contribution in [3.63, 3.8) is 0 Å². The fraction of sp³-hybridized carbons (Fsp3) is 0.556. The van der Waals surface area contributed by atoms with E-state index in [1.54, 1.807) is 11.3 Å². The van der Waals surface area contributed by atoms with Gasteiger partial charge in [0.25, 0.3) is 0 Å². The average Bonchev–Trinajstić information content (AvgIpc) is 2.48. The second-order valence-corrected chi connectivity index (χ2v) is 4.86. The summed E-state index contributed by atoms with van der Waals surface area (Å²) in [6.07, 6.45) is 0.721. The maximum absolute atomic E-state index is 10.1. The van der Waals surface area contributed by atoms with E-state index in [1.807, 2.05) is 24.7 Å². The van der Waals surface area contributed by atoms with Crippen molar-refractivity contribution in [2.24, 2.45) is 0 Å². The Labute approximate surface area is 91.1 Å². The van der Waals surface area contributed by atoms with Crippen LogP contribution in [0.1, 0.15) is 18.9 Å². The highest BCUT2D eigenvalue weighted by Gasteiger charge is 2.25. The fourth-order valence-corrected chi connectivity index (χ4v) is 3.02. The minimum absolute atomic E-state index is 0.721. The van der Waals surface area contributed by atoms with Crippen LogP contribution in [-0.2, 0) is 5.60 Å². The Hall–Kier alpha value is 0.100. The Morgan fingerprint density at radius 2 is 2.31 bits per heavy atom. The van der Waals surface area contributed by atoms with Gasteiger partial charge in [0.1, 0.15) is 0 Å². The molecule has 1 heterocycles. The summed E-state index contributed by atoms with van der Waals surface area (Å²) in [5.41, 5.74) is 0.245. The summed E-state index contributed by atoms with van der Waals surface area (Å²) < 4.78 is 0.999. The highest BCUT2D eigenvalue weighted by molar-refractivity contribution is 9.10. The summed E-state index contributed by atoms with van der Waals surface area (Å²) in [4.78, 5) is 0. The van der Waals surface area contributed by atoms with Crippen molar-refractivity contribution in [1.82, 2.24) is 5.32 Å². The number of nitrogens with one attached hydrogen (secondary N) is 1. The quantitative estimate of drug-likeness (QED) is 0.874. The van der Waals surface area contributed by atoms with Gasteiger partial charge in [-0.15, -0.1) is 0 Å². The molecule has 4 heteroatoms. The molecule has 13 heavy (non-hydrogen) atoms. The molecule has 1 aromatic rings. The Morgan fingerprint density at radius 1 is 1.62 bits per heavy atom. The molecular formula is C9H14BrNOS. The predicted octanol–water partition coefficient (Wildman–Crippen LogP) is 2.33. The van der Waals surface area contributed by atoms with Gasteiger partial charge in [0.05, 0.1) is 5.60 Å².